The molecular formula is C13H13Cl3O3. The number of hydrogen-bond acceptors (Lipinski definition) is 3. The van der Waals surface area contributed by atoms with Crippen LogP contribution in [-0.4, -0.2) is 46.8 Å². The van der Waals surface area contributed by atoms with Crippen LogP contribution in [0.15, 0.2) is 0 Å². The molecule has 0 aromatic heterocycles. The molecule has 6 rings (SSSR count). The van der Waals surface area contributed by atoms with E-state index in [0.29, 0.717) is 29.6 Å². The van der Waals surface area contributed by atoms with Gasteiger partial charge in [0.05, 0.1) is 6.10 Å². The molecule has 10 atom stereocenters. The average Bonchev–Trinajstić information content (AvgIpc) is 2.70. The molecule has 5 saturated carbocycles. The summed E-state index contributed by atoms with van der Waals surface area (Å²) in [5.41, 5.74) is 0. The van der Waals surface area contributed by atoms with Gasteiger partial charge in [0, 0.05) is 20.1 Å². The zero-order chi connectivity index (χ0) is 13.2. The molecule has 1 saturated heterocycles. The Morgan fingerprint density at radius 2 is 1.58 bits per heavy atom. The molecule has 0 N–H and O–H groups in total. The van der Waals surface area contributed by atoms with E-state index in [-0.39, 0.29) is 12.2 Å². The summed E-state index contributed by atoms with van der Waals surface area (Å²) >= 11 is 21.3. The van der Waals surface area contributed by atoms with Crippen molar-refractivity contribution in [2.24, 2.45) is 29.6 Å². The van der Waals surface area contributed by atoms with Crippen LogP contribution >= 0.6 is 34.8 Å². The minimum absolute atomic E-state index is 0.263. The second kappa shape index (κ2) is 2.49. The minimum atomic E-state index is -1.04. The molecule has 19 heavy (non-hydrogen) atoms. The summed E-state index contributed by atoms with van der Waals surface area (Å²) in [5, 5.41) is 0. The molecule has 6 aliphatic rings. The fraction of sp³-hybridized carbons (Fsp3) is 1.00. The molecule has 6 heteroatoms. The summed E-state index contributed by atoms with van der Waals surface area (Å²) in [6.07, 6.45) is 0.00805. The number of halogens is 3. The molecule has 1 aliphatic heterocycles. The van der Waals surface area contributed by atoms with Crippen molar-refractivity contribution in [3.8, 4) is 0 Å². The van der Waals surface area contributed by atoms with Gasteiger partial charge in [-0.15, -0.1) is 34.8 Å². The maximum atomic E-state index is 7.14. The van der Waals surface area contributed by atoms with E-state index in [0.717, 1.165) is 0 Å². The Kier molecular flexibility index (Phi) is 1.48. The quantitative estimate of drug-likeness (QED) is 0.573. The molecule has 3 nitrogen and oxygen atoms in total. The maximum Gasteiger partial charge on any atom is 0.211 e. The first-order valence-electron chi connectivity index (χ1n) is 6.79. The van der Waals surface area contributed by atoms with Crippen LogP contribution in [0.25, 0.3) is 0 Å². The largest absolute Gasteiger partial charge is 0.370 e. The van der Waals surface area contributed by atoms with Crippen LogP contribution in [0.3, 0.4) is 0 Å². The first-order chi connectivity index (χ1) is 8.96. The van der Waals surface area contributed by atoms with Crippen molar-refractivity contribution in [3.63, 3.8) is 0 Å². The Morgan fingerprint density at radius 1 is 0.895 bits per heavy atom. The number of fused-ring (bicyclic) bond motifs is 5. The van der Waals surface area contributed by atoms with Crippen LogP contribution in [0, 0.1) is 29.6 Å². The summed E-state index contributed by atoms with van der Waals surface area (Å²) in [7, 11) is 3.24. The normalized spacial score (nSPS) is 78.5. The fourth-order valence-corrected chi connectivity index (χ4v) is 9.77. The summed E-state index contributed by atoms with van der Waals surface area (Å²) < 4.78 is 17.8. The number of rotatable bonds is 2. The van der Waals surface area contributed by atoms with Gasteiger partial charge in [-0.25, -0.2) is 0 Å². The number of alkyl halides is 3. The van der Waals surface area contributed by atoms with E-state index in [1.54, 1.807) is 14.2 Å². The Labute approximate surface area is 125 Å². The van der Waals surface area contributed by atoms with Gasteiger partial charge in [0.1, 0.15) is 20.7 Å². The summed E-state index contributed by atoms with van der Waals surface area (Å²) in [6, 6.07) is 0. The van der Waals surface area contributed by atoms with Gasteiger partial charge in [-0.05, 0) is 23.7 Å². The third kappa shape index (κ3) is 0.574. The van der Waals surface area contributed by atoms with Gasteiger partial charge < -0.3 is 14.2 Å². The van der Waals surface area contributed by atoms with Gasteiger partial charge in [0.15, 0.2) is 0 Å². The van der Waals surface area contributed by atoms with Crippen molar-refractivity contribution < 1.29 is 14.2 Å². The van der Waals surface area contributed by atoms with Crippen LogP contribution in [0.1, 0.15) is 0 Å². The smallest absolute Gasteiger partial charge is 0.211 e. The lowest BCUT2D eigenvalue weighted by Crippen LogP contribution is -2.72. The van der Waals surface area contributed by atoms with Gasteiger partial charge in [0.2, 0.25) is 5.79 Å². The van der Waals surface area contributed by atoms with Crippen molar-refractivity contribution in [2.45, 2.75) is 32.6 Å². The van der Waals surface area contributed by atoms with Crippen LogP contribution in [-0.2, 0) is 14.2 Å². The highest BCUT2D eigenvalue weighted by Crippen LogP contribution is 2.96. The highest BCUT2D eigenvalue weighted by Gasteiger charge is 3.08. The highest BCUT2D eigenvalue weighted by molar-refractivity contribution is 6.42. The predicted octanol–water partition coefficient (Wildman–Crippen LogP) is 1.82. The number of hydrogen-bond donors (Lipinski definition) is 0. The molecular weight excluding hydrogens is 310 g/mol. The van der Waals surface area contributed by atoms with Gasteiger partial charge in [0.25, 0.3) is 0 Å². The van der Waals surface area contributed by atoms with Crippen LogP contribution in [0.4, 0.5) is 0 Å². The van der Waals surface area contributed by atoms with Crippen molar-refractivity contribution in [2.75, 3.05) is 14.2 Å². The molecule has 6 fully saturated rings. The summed E-state index contributed by atoms with van der Waals surface area (Å²) in [6.45, 7) is 0. The standard InChI is InChI=1S/C13H13Cl3O3/c1-17-13(18-2)11(15)5-4-3-6(5)12(13,16)10(14)7(3)8(4)19-9(10)11/h3-9H,1-2H3/t3?,4?,5?,6?,7?,8?,9-,10+,11+,12-/m1/s1. The second-order valence-electron chi connectivity index (χ2n) is 6.99. The monoisotopic (exact) mass is 322 g/mol. The minimum Gasteiger partial charge on any atom is -0.370 e. The molecule has 0 aromatic carbocycles. The molecule has 0 spiro atoms. The molecule has 104 valence electrons. The molecule has 5 aliphatic carbocycles. The Bertz CT molecular complexity index is 553. The van der Waals surface area contributed by atoms with Crippen molar-refractivity contribution in [3.05, 3.63) is 0 Å². The predicted molar refractivity (Wildman–Crippen MR) is 68.6 cm³/mol. The molecule has 6 unspecified atom stereocenters. The van der Waals surface area contributed by atoms with Crippen molar-refractivity contribution in [1.29, 1.82) is 0 Å². The van der Waals surface area contributed by atoms with Gasteiger partial charge in [-0.1, -0.05) is 0 Å². The van der Waals surface area contributed by atoms with Gasteiger partial charge in [-0.3, -0.25) is 0 Å². The fourth-order valence-electron chi connectivity index (χ4n) is 7.29. The Balaban J connectivity index is 1.76. The van der Waals surface area contributed by atoms with Crippen LogP contribution in [0.2, 0.25) is 0 Å². The first kappa shape index (κ1) is 11.3. The van der Waals surface area contributed by atoms with Gasteiger partial charge >= 0.3 is 0 Å². The number of ether oxygens (including phenoxy) is 3. The number of methoxy groups -OCH3 is 2. The van der Waals surface area contributed by atoms with Crippen molar-refractivity contribution in [1.82, 2.24) is 0 Å². The molecule has 0 aromatic rings. The van der Waals surface area contributed by atoms with Gasteiger partial charge in [-0.2, -0.15) is 0 Å². The van der Waals surface area contributed by atoms with E-state index in [4.69, 9.17) is 49.0 Å². The van der Waals surface area contributed by atoms with E-state index < -0.39 is 20.4 Å². The molecule has 0 amide bonds. The zero-order valence-corrected chi connectivity index (χ0v) is 12.7. The third-order valence-corrected chi connectivity index (χ3v) is 9.77. The lowest BCUT2D eigenvalue weighted by atomic mass is 9.44. The topological polar surface area (TPSA) is 27.7 Å². The lowest BCUT2D eigenvalue weighted by Gasteiger charge is -2.66. The summed E-state index contributed by atoms with van der Waals surface area (Å²) in [5.74, 6) is 0.995. The van der Waals surface area contributed by atoms with E-state index in [2.05, 4.69) is 0 Å². The molecule has 1 heterocycles. The maximum absolute atomic E-state index is 7.14. The van der Waals surface area contributed by atoms with Crippen molar-refractivity contribution >= 4 is 34.8 Å². The second-order valence-corrected chi connectivity index (χ2v) is 8.83. The lowest BCUT2D eigenvalue weighted by molar-refractivity contribution is -0.279. The third-order valence-electron chi connectivity index (χ3n) is 7.41. The summed E-state index contributed by atoms with van der Waals surface area (Å²) in [4.78, 5) is -2.14. The molecule has 2 bridgehead atoms. The highest BCUT2D eigenvalue weighted by atomic mass is 35.5. The van der Waals surface area contributed by atoms with Crippen LogP contribution in [0.5, 0.6) is 0 Å². The average molecular weight is 324 g/mol. The zero-order valence-electron chi connectivity index (χ0n) is 10.4. The van der Waals surface area contributed by atoms with E-state index >= 15 is 0 Å². The SMILES string of the molecule is COC1(OC)[C@]2(Cl)C3C4C5O[C@@H]2[C@@]2(Cl)C5C4C3[C@]12Cl. The van der Waals surface area contributed by atoms with E-state index in [1.807, 2.05) is 0 Å². The molecule has 0 radical (unpaired) electrons. The Hall–Kier alpha value is 0.750. The van der Waals surface area contributed by atoms with E-state index in [9.17, 15) is 0 Å². The van der Waals surface area contributed by atoms with Crippen LogP contribution < -0.4 is 0 Å². The van der Waals surface area contributed by atoms with E-state index in [1.165, 1.54) is 0 Å². The first-order valence-corrected chi connectivity index (χ1v) is 7.92. The Morgan fingerprint density at radius 3 is 2.21 bits per heavy atom.